The molecule has 3 nitrogen and oxygen atoms in total. The SMILES string of the molecule is CCN(CC1CC1)C(=O)c1ccc(C)cc1NC. The first-order valence-electron chi connectivity index (χ1n) is 6.73. The van der Waals surface area contributed by atoms with Gasteiger partial charge in [-0.1, -0.05) is 6.07 Å². The van der Waals surface area contributed by atoms with Crippen LogP contribution in [0.3, 0.4) is 0 Å². The first kappa shape index (κ1) is 12.9. The van der Waals surface area contributed by atoms with Crippen molar-refractivity contribution in [2.45, 2.75) is 26.7 Å². The summed E-state index contributed by atoms with van der Waals surface area (Å²) < 4.78 is 0. The fourth-order valence-electron chi connectivity index (χ4n) is 2.19. The largest absolute Gasteiger partial charge is 0.387 e. The molecule has 0 unspecified atom stereocenters. The second kappa shape index (κ2) is 5.42. The Morgan fingerprint density at radius 3 is 2.72 bits per heavy atom. The van der Waals surface area contributed by atoms with Crippen LogP contribution in [0.1, 0.15) is 35.7 Å². The van der Waals surface area contributed by atoms with E-state index < -0.39 is 0 Å². The Hall–Kier alpha value is -1.51. The smallest absolute Gasteiger partial charge is 0.255 e. The lowest BCUT2D eigenvalue weighted by Gasteiger charge is -2.22. The lowest BCUT2D eigenvalue weighted by atomic mass is 10.1. The number of nitrogens with zero attached hydrogens (tertiary/aromatic N) is 1. The topological polar surface area (TPSA) is 32.3 Å². The van der Waals surface area contributed by atoms with Crippen molar-refractivity contribution in [2.24, 2.45) is 5.92 Å². The minimum Gasteiger partial charge on any atom is -0.387 e. The molecule has 1 saturated carbocycles. The highest BCUT2D eigenvalue weighted by atomic mass is 16.2. The summed E-state index contributed by atoms with van der Waals surface area (Å²) in [5.41, 5.74) is 2.88. The molecule has 98 valence electrons. The molecule has 1 aromatic carbocycles. The van der Waals surface area contributed by atoms with E-state index in [1.165, 1.54) is 18.4 Å². The van der Waals surface area contributed by atoms with E-state index in [-0.39, 0.29) is 5.91 Å². The lowest BCUT2D eigenvalue weighted by molar-refractivity contribution is 0.0758. The molecule has 1 aromatic rings. The van der Waals surface area contributed by atoms with Gasteiger partial charge in [0.15, 0.2) is 0 Å². The number of carbonyl (C=O) groups excluding carboxylic acids is 1. The Balaban J connectivity index is 2.19. The van der Waals surface area contributed by atoms with E-state index in [0.29, 0.717) is 0 Å². The van der Waals surface area contributed by atoms with Crippen LogP contribution in [-0.2, 0) is 0 Å². The summed E-state index contributed by atoms with van der Waals surface area (Å²) in [5.74, 6) is 0.881. The Morgan fingerprint density at radius 2 is 2.17 bits per heavy atom. The van der Waals surface area contributed by atoms with Gasteiger partial charge in [0.1, 0.15) is 0 Å². The molecule has 0 aromatic heterocycles. The molecule has 0 spiro atoms. The van der Waals surface area contributed by atoms with Gasteiger partial charge < -0.3 is 10.2 Å². The second-order valence-corrected chi connectivity index (χ2v) is 5.09. The summed E-state index contributed by atoms with van der Waals surface area (Å²) in [7, 11) is 1.86. The molecule has 1 fully saturated rings. The molecule has 0 bridgehead atoms. The van der Waals surface area contributed by atoms with Crippen molar-refractivity contribution >= 4 is 11.6 Å². The Bertz CT molecular complexity index is 438. The third-order valence-electron chi connectivity index (χ3n) is 3.52. The van der Waals surface area contributed by atoms with E-state index in [9.17, 15) is 4.79 Å². The predicted octanol–water partition coefficient (Wildman–Crippen LogP) is 2.91. The van der Waals surface area contributed by atoms with Crippen LogP contribution >= 0.6 is 0 Å². The Labute approximate surface area is 109 Å². The molecule has 0 aliphatic heterocycles. The monoisotopic (exact) mass is 246 g/mol. The average molecular weight is 246 g/mol. The van der Waals surface area contributed by atoms with Crippen LogP contribution in [0, 0.1) is 12.8 Å². The minimum absolute atomic E-state index is 0.147. The van der Waals surface area contributed by atoms with Crippen molar-refractivity contribution < 1.29 is 4.79 Å². The number of hydrogen-bond donors (Lipinski definition) is 1. The van der Waals surface area contributed by atoms with Crippen molar-refractivity contribution in [3.63, 3.8) is 0 Å². The van der Waals surface area contributed by atoms with Crippen molar-refractivity contribution in [1.29, 1.82) is 0 Å². The average Bonchev–Trinajstić information content (AvgIpc) is 3.19. The Kier molecular flexibility index (Phi) is 3.90. The van der Waals surface area contributed by atoms with Crippen molar-refractivity contribution in [1.82, 2.24) is 4.90 Å². The maximum atomic E-state index is 12.5. The van der Waals surface area contributed by atoms with E-state index in [1.807, 2.05) is 44.0 Å². The molecule has 1 aliphatic rings. The molecule has 0 saturated heterocycles. The van der Waals surface area contributed by atoms with Crippen molar-refractivity contribution in [2.75, 3.05) is 25.5 Å². The molecule has 1 N–H and O–H groups in total. The molecule has 0 radical (unpaired) electrons. The maximum absolute atomic E-state index is 12.5. The van der Waals surface area contributed by atoms with Gasteiger partial charge in [-0.05, 0) is 50.3 Å². The molecule has 3 heteroatoms. The fourth-order valence-corrected chi connectivity index (χ4v) is 2.19. The summed E-state index contributed by atoms with van der Waals surface area (Å²) in [4.78, 5) is 14.5. The van der Waals surface area contributed by atoms with Gasteiger partial charge >= 0.3 is 0 Å². The number of anilines is 1. The van der Waals surface area contributed by atoms with Gasteiger partial charge in [-0.2, -0.15) is 0 Å². The minimum atomic E-state index is 0.147. The standard InChI is InChI=1S/C15H22N2O/c1-4-17(10-12-6-7-12)15(18)13-8-5-11(2)9-14(13)16-3/h5,8-9,12,16H,4,6-7,10H2,1-3H3. The Morgan fingerprint density at radius 1 is 1.44 bits per heavy atom. The summed E-state index contributed by atoms with van der Waals surface area (Å²) >= 11 is 0. The second-order valence-electron chi connectivity index (χ2n) is 5.09. The van der Waals surface area contributed by atoms with Gasteiger partial charge in [0.2, 0.25) is 0 Å². The predicted molar refractivity (Wildman–Crippen MR) is 75.0 cm³/mol. The molecule has 2 rings (SSSR count). The number of amides is 1. The number of nitrogens with one attached hydrogen (secondary N) is 1. The van der Waals surface area contributed by atoms with Crippen LogP contribution in [0.25, 0.3) is 0 Å². The van der Waals surface area contributed by atoms with Crippen LogP contribution in [0.2, 0.25) is 0 Å². The van der Waals surface area contributed by atoms with Gasteiger partial charge in [-0.25, -0.2) is 0 Å². The number of hydrogen-bond acceptors (Lipinski definition) is 2. The van der Waals surface area contributed by atoms with Crippen LogP contribution in [0.5, 0.6) is 0 Å². The van der Waals surface area contributed by atoms with E-state index in [0.717, 1.165) is 30.3 Å². The summed E-state index contributed by atoms with van der Waals surface area (Å²) in [6.45, 7) is 5.78. The number of rotatable bonds is 5. The van der Waals surface area contributed by atoms with Gasteiger partial charge in [-0.15, -0.1) is 0 Å². The van der Waals surface area contributed by atoms with E-state index in [1.54, 1.807) is 0 Å². The van der Waals surface area contributed by atoms with E-state index >= 15 is 0 Å². The normalized spacial score (nSPS) is 14.4. The highest BCUT2D eigenvalue weighted by Crippen LogP contribution is 2.30. The number of benzene rings is 1. The van der Waals surface area contributed by atoms with Crippen LogP contribution < -0.4 is 5.32 Å². The molecule has 1 aliphatic carbocycles. The summed E-state index contributed by atoms with van der Waals surface area (Å²) in [6.07, 6.45) is 2.55. The zero-order valence-electron chi connectivity index (χ0n) is 11.5. The summed E-state index contributed by atoms with van der Waals surface area (Å²) in [5, 5.41) is 3.12. The molecule has 18 heavy (non-hydrogen) atoms. The lowest BCUT2D eigenvalue weighted by Crippen LogP contribution is -2.33. The highest BCUT2D eigenvalue weighted by Gasteiger charge is 2.27. The molecule has 1 amide bonds. The van der Waals surface area contributed by atoms with Crippen molar-refractivity contribution in [3.8, 4) is 0 Å². The molecule has 0 atom stereocenters. The van der Waals surface area contributed by atoms with Gasteiger partial charge in [0.05, 0.1) is 5.56 Å². The first-order valence-corrected chi connectivity index (χ1v) is 6.73. The fraction of sp³-hybridized carbons (Fsp3) is 0.533. The third kappa shape index (κ3) is 2.84. The van der Waals surface area contributed by atoms with Gasteiger partial charge in [-0.3, -0.25) is 4.79 Å². The van der Waals surface area contributed by atoms with E-state index in [2.05, 4.69) is 5.32 Å². The zero-order chi connectivity index (χ0) is 13.1. The molecule has 0 heterocycles. The quantitative estimate of drug-likeness (QED) is 0.866. The van der Waals surface area contributed by atoms with Gasteiger partial charge in [0.25, 0.3) is 5.91 Å². The van der Waals surface area contributed by atoms with Gasteiger partial charge in [0, 0.05) is 25.8 Å². The highest BCUT2D eigenvalue weighted by molar-refractivity contribution is 5.99. The first-order chi connectivity index (χ1) is 8.65. The van der Waals surface area contributed by atoms with Crippen molar-refractivity contribution in [3.05, 3.63) is 29.3 Å². The third-order valence-corrected chi connectivity index (χ3v) is 3.52. The van der Waals surface area contributed by atoms with Crippen LogP contribution in [0.4, 0.5) is 5.69 Å². The molecular formula is C15H22N2O. The maximum Gasteiger partial charge on any atom is 0.255 e. The van der Waals surface area contributed by atoms with Crippen LogP contribution in [-0.4, -0.2) is 30.9 Å². The van der Waals surface area contributed by atoms with E-state index in [4.69, 9.17) is 0 Å². The van der Waals surface area contributed by atoms with Crippen LogP contribution in [0.15, 0.2) is 18.2 Å². The molecular weight excluding hydrogens is 224 g/mol. The summed E-state index contributed by atoms with van der Waals surface area (Å²) in [6, 6.07) is 5.95. The number of aryl methyl sites for hydroxylation is 1. The zero-order valence-corrected chi connectivity index (χ0v) is 11.5. The number of carbonyl (C=O) groups is 1.